The minimum Gasteiger partial charge on any atom is -0.335 e. The van der Waals surface area contributed by atoms with Gasteiger partial charge in [0.05, 0.1) is 0 Å². The van der Waals surface area contributed by atoms with E-state index in [4.69, 9.17) is 0 Å². The molecule has 23 heavy (non-hydrogen) atoms. The van der Waals surface area contributed by atoms with E-state index >= 15 is 0 Å². The number of hydrogen-bond donors (Lipinski definition) is 1. The summed E-state index contributed by atoms with van der Waals surface area (Å²) in [6, 6.07) is 16.3. The first-order chi connectivity index (χ1) is 11.2. The van der Waals surface area contributed by atoms with Gasteiger partial charge in [0, 0.05) is 40.3 Å². The minimum atomic E-state index is -0.0198. The molecule has 2 aromatic carbocycles. The molecule has 2 aromatic heterocycles. The average molecular weight is 305 g/mol. The van der Waals surface area contributed by atoms with Gasteiger partial charge in [-0.2, -0.15) is 0 Å². The third-order valence-electron chi connectivity index (χ3n) is 4.40. The van der Waals surface area contributed by atoms with Crippen molar-refractivity contribution in [1.29, 1.82) is 0 Å². The van der Waals surface area contributed by atoms with E-state index in [1.54, 1.807) is 0 Å². The summed E-state index contributed by atoms with van der Waals surface area (Å²) in [6.45, 7) is 1.68. The van der Waals surface area contributed by atoms with Gasteiger partial charge >= 0.3 is 0 Å². The molecule has 116 valence electrons. The maximum atomic E-state index is 12.7. The van der Waals surface area contributed by atoms with Crippen LogP contribution >= 0.6 is 0 Å². The quantitative estimate of drug-likeness (QED) is 0.631. The predicted octanol–water partition coefficient (Wildman–Crippen LogP) is 3.20. The molecule has 0 radical (unpaired) electrons. The van der Waals surface area contributed by atoms with E-state index in [2.05, 4.69) is 32.7 Å². The summed E-state index contributed by atoms with van der Waals surface area (Å²) in [5.74, 6) is 0. The molecule has 0 spiro atoms. The van der Waals surface area contributed by atoms with Crippen LogP contribution < -0.4 is 5.56 Å². The lowest BCUT2D eigenvalue weighted by Crippen LogP contribution is -2.20. The number of nitrogens with one attached hydrogen (secondary N) is 1. The molecule has 4 heteroatoms. The van der Waals surface area contributed by atoms with Crippen LogP contribution in [0.25, 0.3) is 32.7 Å². The first-order valence-electron chi connectivity index (χ1n) is 7.83. The number of para-hydroxylation sites is 2. The Kier molecular flexibility index (Phi) is 3.20. The van der Waals surface area contributed by atoms with Gasteiger partial charge in [-0.05, 0) is 26.2 Å². The summed E-state index contributed by atoms with van der Waals surface area (Å²) in [7, 11) is 4.10. The number of fused-ring (bicyclic) bond motifs is 5. The molecule has 1 N–H and O–H groups in total. The molecule has 0 unspecified atom stereocenters. The van der Waals surface area contributed by atoms with Gasteiger partial charge in [-0.1, -0.05) is 36.4 Å². The zero-order chi connectivity index (χ0) is 16.0. The van der Waals surface area contributed by atoms with Gasteiger partial charge < -0.3 is 14.5 Å². The van der Waals surface area contributed by atoms with E-state index < -0.39 is 0 Å². The smallest absolute Gasteiger partial charge is 0.272 e. The van der Waals surface area contributed by atoms with Crippen LogP contribution in [0.1, 0.15) is 0 Å². The molecule has 0 amide bonds. The second kappa shape index (κ2) is 5.25. The zero-order valence-corrected chi connectivity index (χ0v) is 13.3. The van der Waals surface area contributed by atoms with Crippen molar-refractivity contribution in [3.63, 3.8) is 0 Å². The Labute approximate surface area is 133 Å². The van der Waals surface area contributed by atoms with E-state index in [9.17, 15) is 4.79 Å². The van der Waals surface area contributed by atoms with Crippen molar-refractivity contribution in [3.05, 3.63) is 58.9 Å². The molecule has 4 rings (SSSR count). The number of pyridine rings is 1. The first kappa shape index (κ1) is 14.0. The predicted molar refractivity (Wildman–Crippen MR) is 96.1 cm³/mol. The molecule has 0 aliphatic carbocycles. The highest BCUT2D eigenvalue weighted by atomic mass is 16.1. The van der Waals surface area contributed by atoms with Crippen LogP contribution in [0.5, 0.6) is 0 Å². The lowest BCUT2D eigenvalue weighted by atomic mass is 10.1. The van der Waals surface area contributed by atoms with Gasteiger partial charge in [0.25, 0.3) is 5.56 Å². The summed E-state index contributed by atoms with van der Waals surface area (Å²) in [5.41, 5.74) is 2.76. The third-order valence-corrected chi connectivity index (χ3v) is 4.40. The molecule has 0 bridgehead atoms. The normalized spacial score (nSPS) is 12.0. The van der Waals surface area contributed by atoms with Crippen molar-refractivity contribution >= 4 is 32.7 Å². The fourth-order valence-electron chi connectivity index (χ4n) is 3.34. The second-order valence-corrected chi connectivity index (χ2v) is 6.20. The second-order valence-electron chi connectivity index (χ2n) is 6.20. The summed E-state index contributed by atoms with van der Waals surface area (Å²) in [6.07, 6.45) is 0. The van der Waals surface area contributed by atoms with Crippen molar-refractivity contribution in [3.8, 4) is 0 Å². The van der Waals surface area contributed by atoms with Crippen LogP contribution in [0.15, 0.2) is 53.3 Å². The van der Waals surface area contributed by atoms with Crippen molar-refractivity contribution in [2.75, 3.05) is 20.6 Å². The monoisotopic (exact) mass is 305 g/mol. The van der Waals surface area contributed by atoms with Gasteiger partial charge in [-0.15, -0.1) is 0 Å². The molecule has 2 heterocycles. The summed E-state index contributed by atoms with van der Waals surface area (Å²) >= 11 is 0. The summed E-state index contributed by atoms with van der Waals surface area (Å²) in [5, 5.41) is 3.30. The van der Waals surface area contributed by atoms with Gasteiger partial charge in [-0.25, -0.2) is 0 Å². The fraction of sp³-hybridized carbons (Fsp3) is 0.211. The van der Waals surface area contributed by atoms with Gasteiger partial charge in [0.1, 0.15) is 5.52 Å². The maximum Gasteiger partial charge on any atom is 0.272 e. The minimum absolute atomic E-state index is 0.0198. The van der Waals surface area contributed by atoms with E-state index in [0.717, 1.165) is 45.8 Å². The standard InChI is InChI=1S/C19H19N3O/c1-21(2)11-12-22-16-10-6-4-8-14(16)17-13-7-3-5-9-15(13)20-19(23)18(17)22/h3-10H,11-12H2,1-2H3,(H,20,23). The van der Waals surface area contributed by atoms with Gasteiger partial charge in [-0.3, -0.25) is 4.79 Å². The molecule has 0 fully saturated rings. The Morgan fingerprint density at radius 3 is 2.48 bits per heavy atom. The molecule has 0 aliphatic heterocycles. The number of H-pyrrole nitrogens is 1. The number of nitrogens with zero attached hydrogens (tertiary/aromatic N) is 2. The summed E-state index contributed by atoms with van der Waals surface area (Å²) < 4.78 is 2.15. The van der Waals surface area contributed by atoms with Crippen LogP contribution in [-0.4, -0.2) is 35.1 Å². The van der Waals surface area contributed by atoms with Gasteiger partial charge in [0.15, 0.2) is 0 Å². The highest BCUT2D eigenvalue weighted by Crippen LogP contribution is 2.31. The van der Waals surface area contributed by atoms with Crippen LogP contribution in [-0.2, 0) is 6.54 Å². The fourth-order valence-corrected chi connectivity index (χ4v) is 3.34. The first-order valence-corrected chi connectivity index (χ1v) is 7.83. The SMILES string of the molecule is CN(C)CCn1c2ccccc2c2c3ccccc3[nH]c(=O)c21. The Balaban J connectivity index is 2.19. The molecule has 4 aromatic rings. The summed E-state index contributed by atoms with van der Waals surface area (Å²) in [4.78, 5) is 17.9. The van der Waals surface area contributed by atoms with Crippen LogP contribution in [0.4, 0.5) is 0 Å². The Morgan fingerprint density at radius 2 is 1.70 bits per heavy atom. The van der Waals surface area contributed by atoms with Crippen molar-refractivity contribution in [2.24, 2.45) is 0 Å². The number of rotatable bonds is 3. The number of aromatic nitrogens is 2. The van der Waals surface area contributed by atoms with Crippen LogP contribution in [0.3, 0.4) is 0 Å². The molecular weight excluding hydrogens is 286 g/mol. The Morgan fingerprint density at radius 1 is 1.00 bits per heavy atom. The van der Waals surface area contributed by atoms with Crippen LogP contribution in [0.2, 0.25) is 0 Å². The number of likely N-dealkylation sites (N-methyl/N-ethyl adjacent to an activating group) is 1. The maximum absolute atomic E-state index is 12.7. The topological polar surface area (TPSA) is 41.0 Å². The Hall–Kier alpha value is -2.59. The molecular formula is C19H19N3O. The van der Waals surface area contributed by atoms with E-state index in [1.165, 1.54) is 0 Å². The number of hydrogen-bond acceptors (Lipinski definition) is 2. The van der Waals surface area contributed by atoms with Crippen molar-refractivity contribution < 1.29 is 0 Å². The van der Waals surface area contributed by atoms with Crippen molar-refractivity contribution in [1.82, 2.24) is 14.5 Å². The lowest BCUT2D eigenvalue weighted by molar-refractivity contribution is 0.389. The van der Waals surface area contributed by atoms with E-state index in [-0.39, 0.29) is 5.56 Å². The molecule has 0 aliphatic rings. The van der Waals surface area contributed by atoms with Crippen molar-refractivity contribution in [2.45, 2.75) is 6.54 Å². The largest absolute Gasteiger partial charge is 0.335 e. The molecule has 0 saturated heterocycles. The molecule has 4 nitrogen and oxygen atoms in total. The number of aromatic amines is 1. The van der Waals surface area contributed by atoms with E-state index in [0.29, 0.717) is 0 Å². The lowest BCUT2D eigenvalue weighted by Gasteiger charge is -2.12. The highest BCUT2D eigenvalue weighted by Gasteiger charge is 2.16. The zero-order valence-electron chi connectivity index (χ0n) is 13.3. The third kappa shape index (κ3) is 2.14. The number of benzene rings is 2. The molecule has 0 saturated carbocycles. The van der Waals surface area contributed by atoms with Gasteiger partial charge in [0.2, 0.25) is 0 Å². The van der Waals surface area contributed by atoms with Crippen LogP contribution in [0, 0.1) is 0 Å². The van der Waals surface area contributed by atoms with E-state index in [1.807, 2.05) is 44.4 Å². The highest BCUT2D eigenvalue weighted by molar-refractivity contribution is 6.19. The molecule has 0 atom stereocenters. The average Bonchev–Trinajstić information content (AvgIpc) is 2.88. The Bertz CT molecular complexity index is 1070.